The van der Waals surface area contributed by atoms with Gasteiger partial charge >= 0.3 is 5.97 Å². The number of aliphatic hydroxyl groups is 1. The van der Waals surface area contributed by atoms with Crippen molar-refractivity contribution >= 4 is 82.8 Å². The van der Waals surface area contributed by atoms with E-state index < -0.39 is 203 Å². The minimum absolute atomic E-state index is 0.0366. The van der Waals surface area contributed by atoms with Crippen molar-refractivity contribution in [2.45, 2.75) is 268 Å². The van der Waals surface area contributed by atoms with Gasteiger partial charge < -0.3 is 84.3 Å². The van der Waals surface area contributed by atoms with Crippen LogP contribution in [0.4, 0.5) is 0 Å². The van der Waals surface area contributed by atoms with Crippen LogP contribution >= 0.6 is 0 Å². The van der Waals surface area contributed by atoms with Crippen LogP contribution in [0, 0.1) is 47.3 Å². The number of rotatable bonds is 31. The molecule has 0 spiro atoms. The molecule has 14 atom stereocenters. The second kappa shape index (κ2) is 42.3. The van der Waals surface area contributed by atoms with Gasteiger partial charge in [-0.2, -0.15) is 0 Å². The Morgan fingerprint density at radius 3 is 1.59 bits per heavy atom. The summed E-state index contributed by atoms with van der Waals surface area (Å²) in [5.41, 5.74) is 6.30. The number of esters is 1. The summed E-state index contributed by atoms with van der Waals surface area (Å²) in [5.74, 6) is -15.3. The Kier molecular flexibility index (Phi) is 36.4. The molecule has 2 heterocycles. The Morgan fingerprint density at radius 1 is 0.583 bits per heavy atom. The van der Waals surface area contributed by atoms with Crippen molar-refractivity contribution < 1.29 is 77.0 Å². The zero-order valence-electron chi connectivity index (χ0n) is 63.8. The summed E-state index contributed by atoms with van der Waals surface area (Å²) in [5, 5.41) is 42.8. The van der Waals surface area contributed by atoms with Crippen molar-refractivity contribution in [2.24, 2.45) is 53.1 Å². The Hall–Kier alpha value is -8.54. The summed E-state index contributed by atoms with van der Waals surface area (Å²) in [6, 6.07) is -7.71. The number of hydrogen-bond donors (Lipinski definition) is 14. The first-order valence-electron chi connectivity index (χ1n) is 36.4. The standard InChI is InChI=1S/C73H120N14O16/c1-20-47-61(90)84-58(43(16)17)73(102)103-45(19)60(71(100)82-55(40(10)11)67(96)80-53(38(6)7)65(94)77-49(63(92)75-47)35-46-28-22-21-23-29-46)86-69(98)54(39(8)9)79-62(91)48(30-25-33-74)76-64(93)50-31-26-34-87(50)72(101)57(42(14)15)83-68(97)56(41(12)13)81-70(99)59(44(18)88)85-66(95)52(37(4)5)78-51(89)32-24-27-36(2)3/h20-23,28-29,36-45,48-50,52-60,88H,24-27,30-35,74H2,1-19H3,(H,75,92)(H,76,93)(H,77,94)(H,78,89)(H,79,91)(H,80,96)(H,81,99)(H,82,100)(H,83,97)(H,84,90)(H,85,95)(H,86,98)/b47-20-/t44-,45+,48+,49+,50-,52-,53-,54-,55-,56+,57-,58+,59+,60-/m1/s1. The number of ether oxygens (including phenoxy) is 1. The molecule has 1 aromatic rings. The maximum Gasteiger partial charge on any atom is 0.329 e. The fourth-order valence-corrected chi connectivity index (χ4v) is 11.8. The predicted octanol–water partition coefficient (Wildman–Crippen LogP) is 1.06. The van der Waals surface area contributed by atoms with E-state index in [9.17, 15) is 72.2 Å². The quantitative estimate of drug-likeness (QED) is 0.0365. The molecular formula is C73H120N14O16. The number of hydrogen-bond acceptors (Lipinski definition) is 17. The number of amides is 13. The first-order chi connectivity index (χ1) is 48.2. The molecule has 0 aromatic heterocycles. The summed E-state index contributed by atoms with van der Waals surface area (Å²) in [4.78, 5) is 201. The highest BCUT2D eigenvalue weighted by molar-refractivity contribution is 6.03. The maximum atomic E-state index is 14.9. The fraction of sp³-hybridized carbons (Fsp3) is 0.699. The Balaban J connectivity index is 1.96. The molecular weight excluding hydrogens is 1330 g/mol. The average Bonchev–Trinajstić information content (AvgIpc) is 1.75. The number of aliphatic hydroxyl groups excluding tert-OH is 1. The van der Waals surface area contributed by atoms with E-state index in [0.29, 0.717) is 24.3 Å². The molecule has 0 radical (unpaired) electrons. The van der Waals surface area contributed by atoms with Crippen LogP contribution in [-0.2, 0) is 78.3 Å². The highest BCUT2D eigenvalue weighted by Crippen LogP contribution is 2.23. The molecule has 1 aromatic carbocycles. The van der Waals surface area contributed by atoms with Gasteiger partial charge in [0.25, 0.3) is 5.91 Å². The number of nitrogens with zero attached hydrogens (tertiary/aromatic N) is 1. The molecule has 13 amide bonds. The minimum atomic E-state index is -1.83. The van der Waals surface area contributed by atoms with Gasteiger partial charge in [-0.15, -0.1) is 0 Å². The average molecular weight is 1450 g/mol. The highest BCUT2D eigenvalue weighted by atomic mass is 16.5. The number of carbonyl (C=O) groups is 14. The molecule has 103 heavy (non-hydrogen) atoms. The largest absolute Gasteiger partial charge is 0.458 e. The number of nitrogens with two attached hydrogens (primary N) is 1. The first-order valence-corrected chi connectivity index (χ1v) is 36.4. The van der Waals surface area contributed by atoms with Crippen LogP contribution in [0.5, 0.6) is 0 Å². The molecule has 0 bridgehead atoms. The summed E-state index contributed by atoms with van der Waals surface area (Å²) in [7, 11) is 0. The number of cyclic esters (lactones) is 1. The summed E-state index contributed by atoms with van der Waals surface area (Å²) < 4.78 is 5.91. The Bertz CT molecular complexity index is 3120. The maximum absolute atomic E-state index is 14.9. The third kappa shape index (κ3) is 27.2. The van der Waals surface area contributed by atoms with Crippen LogP contribution in [-0.4, -0.2) is 191 Å². The molecule has 0 aliphatic carbocycles. The fourth-order valence-electron chi connectivity index (χ4n) is 11.8. The topological polar surface area (TPSA) is 442 Å². The van der Waals surface area contributed by atoms with Crippen molar-refractivity contribution in [1.82, 2.24) is 68.7 Å². The molecule has 2 aliphatic heterocycles. The predicted molar refractivity (Wildman–Crippen MR) is 386 cm³/mol. The summed E-state index contributed by atoms with van der Waals surface area (Å²) in [6.45, 7) is 31.3. The van der Waals surface area contributed by atoms with Crippen molar-refractivity contribution in [2.75, 3.05) is 13.1 Å². The zero-order valence-corrected chi connectivity index (χ0v) is 63.8. The lowest BCUT2D eigenvalue weighted by Gasteiger charge is -2.33. The second-order valence-electron chi connectivity index (χ2n) is 29.9. The summed E-state index contributed by atoms with van der Waals surface area (Å²) >= 11 is 0. The number of allylic oxidation sites excluding steroid dienone is 1. The van der Waals surface area contributed by atoms with Crippen molar-refractivity contribution in [1.29, 1.82) is 0 Å². The van der Waals surface area contributed by atoms with Gasteiger partial charge in [0.05, 0.1) is 6.10 Å². The van der Waals surface area contributed by atoms with Gasteiger partial charge in [-0.05, 0) is 112 Å². The van der Waals surface area contributed by atoms with E-state index >= 15 is 0 Å². The van der Waals surface area contributed by atoms with Crippen molar-refractivity contribution in [3.63, 3.8) is 0 Å². The smallest absolute Gasteiger partial charge is 0.329 e. The lowest BCUT2D eigenvalue weighted by molar-refractivity contribution is -0.157. The summed E-state index contributed by atoms with van der Waals surface area (Å²) in [6.07, 6.45) is 0.444. The van der Waals surface area contributed by atoms with Crippen LogP contribution < -0.4 is 69.5 Å². The van der Waals surface area contributed by atoms with Gasteiger partial charge in [0.1, 0.15) is 84.3 Å². The molecule has 0 saturated carbocycles. The zero-order chi connectivity index (χ0) is 78.0. The molecule has 2 fully saturated rings. The molecule has 0 unspecified atom stereocenters. The van der Waals surface area contributed by atoms with Gasteiger partial charge in [0.15, 0.2) is 0 Å². The number of nitrogens with one attached hydrogen (secondary N) is 12. The Labute approximate surface area is 607 Å². The lowest BCUT2D eigenvalue weighted by atomic mass is 9.98. The molecule has 3 rings (SSSR count). The Morgan fingerprint density at radius 2 is 1.08 bits per heavy atom. The molecule has 15 N–H and O–H groups in total. The molecule has 30 nitrogen and oxygen atoms in total. The third-order valence-electron chi connectivity index (χ3n) is 18.2. The van der Waals surface area contributed by atoms with Gasteiger partial charge in [0.2, 0.25) is 70.9 Å². The van der Waals surface area contributed by atoms with E-state index in [2.05, 4.69) is 63.8 Å². The molecule has 578 valence electrons. The molecule has 30 heteroatoms. The van der Waals surface area contributed by atoms with Crippen LogP contribution in [0.15, 0.2) is 42.1 Å². The van der Waals surface area contributed by atoms with Crippen molar-refractivity contribution in [3.05, 3.63) is 47.7 Å². The number of carbonyl (C=O) groups excluding carboxylic acids is 14. The van der Waals surface area contributed by atoms with Crippen LogP contribution in [0.2, 0.25) is 0 Å². The third-order valence-corrected chi connectivity index (χ3v) is 18.2. The normalized spacial score (nSPS) is 22.2. The van der Waals surface area contributed by atoms with E-state index in [4.69, 9.17) is 10.5 Å². The molecule has 2 aliphatic rings. The van der Waals surface area contributed by atoms with E-state index in [-0.39, 0.29) is 56.8 Å². The number of likely N-dealkylation sites (tertiary alicyclic amines) is 1. The van der Waals surface area contributed by atoms with Gasteiger partial charge in [0, 0.05) is 19.4 Å². The second-order valence-corrected chi connectivity index (χ2v) is 29.9. The van der Waals surface area contributed by atoms with Gasteiger partial charge in [-0.1, -0.05) is 154 Å². The lowest BCUT2D eigenvalue weighted by Crippen LogP contribution is -2.64. The van der Waals surface area contributed by atoms with Crippen LogP contribution in [0.25, 0.3) is 0 Å². The van der Waals surface area contributed by atoms with Crippen LogP contribution in [0.3, 0.4) is 0 Å². The van der Waals surface area contributed by atoms with Gasteiger partial charge in [-0.3, -0.25) is 62.3 Å². The van der Waals surface area contributed by atoms with Gasteiger partial charge in [-0.25, -0.2) is 4.79 Å². The first kappa shape index (κ1) is 88.7. The minimum Gasteiger partial charge on any atom is -0.458 e. The van der Waals surface area contributed by atoms with E-state index in [1.807, 2.05) is 13.8 Å². The molecule has 2 saturated heterocycles. The van der Waals surface area contributed by atoms with Crippen LogP contribution in [0.1, 0.15) is 182 Å². The van der Waals surface area contributed by atoms with E-state index in [1.165, 1.54) is 31.7 Å². The number of benzene rings is 1. The SMILES string of the molecule is C/C=C1\NC(=O)[C@H](Cc2ccccc2)NC(=O)[C@@H](C(C)C)NC(=O)[C@@H](C(C)C)NC(=O)[C@H](NC(=O)[C@H](NC(=O)[C@H](CCCN)NC(=O)[C@H]2CCCN2C(=O)[C@H](NC(=O)[C@@H](NC(=O)[C@@H](NC(=O)[C@H](NC(=O)CCCC(C)C)C(C)C)[C@@H](C)O)C(C)C)C(C)C)C(C)C)[C@H](C)OC(=O)[C@H](C(C)C)NC1=O. The van der Waals surface area contributed by atoms with Crippen molar-refractivity contribution in [3.8, 4) is 0 Å². The monoisotopic (exact) mass is 1450 g/mol. The van der Waals surface area contributed by atoms with E-state index in [1.54, 1.807) is 127 Å². The van der Waals surface area contributed by atoms with E-state index in [0.717, 1.165) is 6.42 Å². The highest BCUT2D eigenvalue weighted by Gasteiger charge is 2.44.